The highest BCUT2D eigenvalue weighted by molar-refractivity contribution is 6.14. The van der Waals surface area contributed by atoms with Crippen LogP contribution in [0.1, 0.15) is 48.7 Å². The van der Waals surface area contributed by atoms with E-state index in [2.05, 4.69) is 44.2 Å². The van der Waals surface area contributed by atoms with Crippen molar-refractivity contribution < 1.29 is 9.90 Å². The molecule has 4 aromatic rings. The van der Waals surface area contributed by atoms with Gasteiger partial charge in [0.2, 0.25) is 5.91 Å². The molecule has 1 aliphatic rings. The molecule has 2 heterocycles. The monoisotopic (exact) mass is 423 g/mol. The summed E-state index contributed by atoms with van der Waals surface area (Å²) >= 11 is 0. The molecule has 3 nitrogen and oxygen atoms in total. The van der Waals surface area contributed by atoms with E-state index in [9.17, 15) is 9.90 Å². The Morgan fingerprint density at radius 3 is 2.25 bits per heavy atom. The highest BCUT2D eigenvalue weighted by Gasteiger charge is 2.47. The zero-order chi connectivity index (χ0) is 22.8. The summed E-state index contributed by atoms with van der Waals surface area (Å²) in [6.07, 6.45) is 0.348. The Bertz CT molecular complexity index is 1370. The molecule has 1 aromatic heterocycles. The Labute approximate surface area is 189 Å². The normalized spacial score (nSPS) is 18.0. The number of hydrogen-bond donors (Lipinski definition) is 1. The molecule has 3 aromatic carbocycles. The molecular formula is C29H29NO2. The molecule has 1 aliphatic heterocycles. The first-order valence-electron chi connectivity index (χ1n) is 11.2. The third-order valence-electron chi connectivity index (χ3n) is 6.88. The maximum atomic E-state index is 14.3. The Morgan fingerprint density at radius 1 is 0.938 bits per heavy atom. The van der Waals surface area contributed by atoms with Crippen molar-refractivity contribution in [2.24, 2.45) is 0 Å². The molecule has 0 unspecified atom stereocenters. The van der Waals surface area contributed by atoms with Crippen molar-refractivity contribution in [3.05, 3.63) is 83.4 Å². The van der Waals surface area contributed by atoms with Gasteiger partial charge in [-0.1, -0.05) is 54.6 Å². The van der Waals surface area contributed by atoms with Crippen molar-refractivity contribution in [3.8, 4) is 22.4 Å². The van der Waals surface area contributed by atoms with Gasteiger partial charge < -0.3 is 5.11 Å². The molecule has 0 fully saturated rings. The third kappa shape index (κ3) is 2.96. The van der Waals surface area contributed by atoms with Crippen LogP contribution in [-0.2, 0) is 5.41 Å². The summed E-state index contributed by atoms with van der Waals surface area (Å²) < 4.78 is 1.91. The van der Waals surface area contributed by atoms with Crippen LogP contribution in [0, 0.1) is 13.8 Å². The van der Waals surface area contributed by atoms with Gasteiger partial charge in [0, 0.05) is 16.5 Å². The van der Waals surface area contributed by atoms with Crippen molar-refractivity contribution in [2.45, 2.75) is 52.1 Å². The lowest BCUT2D eigenvalue weighted by molar-refractivity contribution is 0.0378. The lowest BCUT2D eigenvalue weighted by atomic mass is 9.70. The lowest BCUT2D eigenvalue weighted by Crippen LogP contribution is -2.45. The van der Waals surface area contributed by atoms with Gasteiger partial charge in [-0.3, -0.25) is 9.36 Å². The maximum absolute atomic E-state index is 14.3. The Kier molecular flexibility index (Phi) is 4.48. The highest BCUT2D eigenvalue weighted by atomic mass is 16.3. The van der Waals surface area contributed by atoms with Crippen molar-refractivity contribution in [3.63, 3.8) is 0 Å². The van der Waals surface area contributed by atoms with Gasteiger partial charge in [0.1, 0.15) is 0 Å². The van der Waals surface area contributed by atoms with E-state index in [-0.39, 0.29) is 5.91 Å². The van der Waals surface area contributed by atoms with E-state index < -0.39 is 11.0 Å². The fraction of sp³-hybridized carbons (Fsp3) is 0.276. The van der Waals surface area contributed by atoms with Crippen LogP contribution in [0.25, 0.3) is 33.3 Å². The van der Waals surface area contributed by atoms with E-state index in [4.69, 9.17) is 0 Å². The average molecular weight is 424 g/mol. The van der Waals surface area contributed by atoms with E-state index >= 15 is 0 Å². The van der Waals surface area contributed by atoms with Gasteiger partial charge in [-0.2, -0.15) is 0 Å². The molecule has 5 rings (SSSR count). The number of benzene rings is 3. The van der Waals surface area contributed by atoms with Crippen LogP contribution in [0.4, 0.5) is 0 Å². The van der Waals surface area contributed by atoms with E-state index in [0.717, 1.165) is 44.4 Å². The first kappa shape index (κ1) is 20.7. The molecule has 1 N–H and O–H groups in total. The third-order valence-corrected chi connectivity index (χ3v) is 6.88. The number of fused-ring (bicyclic) bond motifs is 5. The minimum atomic E-state index is -0.979. The molecule has 3 heteroatoms. The highest BCUT2D eigenvalue weighted by Crippen LogP contribution is 2.50. The second-order valence-electron chi connectivity index (χ2n) is 10.1. The Morgan fingerprint density at radius 2 is 1.56 bits per heavy atom. The van der Waals surface area contributed by atoms with Crippen molar-refractivity contribution in [1.82, 2.24) is 4.57 Å². The summed E-state index contributed by atoms with van der Waals surface area (Å²) in [5.41, 5.74) is 6.67. The van der Waals surface area contributed by atoms with Crippen molar-refractivity contribution >= 4 is 16.8 Å². The molecule has 0 aliphatic carbocycles. The Balaban J connectivity index is 1.96. The van der Waals surface area contributed by atoms with Gasteiger partial charge in [0.05, 0.1) is 22.2 Å². The summed E-state index contributed by atoms with van der Waals surface area (Å²) in [4.78, 5) is 14.3. The fourth-order valence-electron chi connectivity index (χ4n) is 5.48. The molecule has 0 radical (unpaired) electrons. The predicted molar refractivity (Wildman–Crippen MR) is 131 cm³/mol. The number of aliphatic hydroxyl groups is 1. The fourth-order valence-corrected chi connectivity index (χ4v) is 5.48. The van der Waals surface area contributed by atoms with Crippen LogP contribution >= 0.6 is 0 Å². The van der Waals surface area contributed by atoms with Gasteiger partial charge in [-0.25, -0.2) is 0 Å². The van der Waals surface area contributed by atoms with Crippen LogP contribution in [0.2, 0.25) is 0 Å². The van der Waals surface area contributed by atoms with Crippen LogP contribution in [0.15, 0.2) is 66.7 Å². The van der Waals surface area contributed by atoms with Gasteiger partial charge >= 0.3 is 0 Å². The predicted octanol–water partition coefficient (Wildman–Crippen LogP) is 6.66. The Hall–Kier alpha value is -3.17. The van der Waals surface area contributed by atoms with Gasteiger partial charge in [0.25, 0.3) is 0 Å². The standard InChI is InChI=1S/C29H29NO2/c1-18-15-22-24(16-19(18)2)30-26(25(22)20-11-7-6-8-12-20)21-13-9-10-14-23(21)29(5,27(30)31)17-28(3,4)32/h6-16,32H,17H2,1-5H3/t29-/m1/s1. The second kappa shape index (κ2) is 6.91. The number of carbonyl (C=O) groups is 1. The number of carbonyl (C=O) groups excluding carboxylic acids is 1. The lowest BCUT2D eigenvalue weighted by Gasteiger charge is -2.39. The summed E-state index contributed by atoms with van der Waals surface area (Å²) in [7, 11) is 0. The smallest absolute Gasteiger partial charge is 0.242 e. The second-order valence-corrected chi connectivity index (χ2v) is 10.1. The number of hydrogen-bond acceptors (Lipinski definition) is 2. The van der Waals surface area contributed by atoms with Crippen molar-refractivity contribution in [2.75, 3.05) is 0 Å². The largest absolute Gasteiger partial charge is 0.390 e. The number of aryl methyl sites for hydroxylation is 2. The van der Waals surface area contributed by atoms with Gasteiger partial charge in [-0.05, 0) is 75.4 Å². The van der Waals surface area contributed by atoms with Crippen LogP contribution in [0.5, 0.6) is 0 Å². The molecule has 162 valence electrons. The molecule has 0 saturated carbocycles. The quantitative estimate of drug-likeness (QED) is 0.400. The SMILES string of the molecule is Cc1cc2c(-c3ccccc3)c3n(c2cc1C)C(=O)[C@](C)(CC(C)(C)O)c1ccccc1-3. The first-order chi connectivity index (χ1) is 15.1. The number of aromatic nitrogens is 1. The first-order valence-corrected chi connectivity index (χ1v) is 11.2. The zero-order valence-electron chi connectivity index (χ0n) is 19.4. The van der Waals surface area contributed by atoms with Crippen LogP contribution in [-0.4, -0.2) is 21.2 Å². The number of rotatable bonds is 3. The minimum absolute atomic E-state index is 0.0174. The van der Waals surface area contributed by atoms with E-state index in [1.165, 1.54) is 5.56 Å². The topological polar surface area (TPSA) is 42.2 Å². The summed E-state index contributed by atoms with van der Waals surface area (Å²) in [6, 6.07) is 22.9. The molecule has 0 bridgehead atoms. The van der Waals surface area contributed by atoms with E-state index in [1.807, 2.05) is 47.9 Å². The molecule has 0 saturated heterocycles. The van der Waals surface area contributed by atoms with E-state index in [0.29, 0.717) is 6.42 Å². The van der Waals surface area contributed by atoms with Gasteiger partial charge in [0.15, 0.2) is 0 Å². The maximum Gasteiger partial charge on any atom is 0.242 e. The molecule has 1 atom stereocenters. The number of nitrogens with zero attached hydrogens (tertiary/aromatic N) is 1. The minimum Gasteiger partial charge on any atom is -0.390 e. The molecule has 32 heavy (non-hydrogen) atoms. The van der Waals surface area contributed by atoms with Crippen molar-refractivity contribution in [1.29, 1.82) is 0 Å². The summed E-state index contributed by atoms with van der Waals surface area (Å²) in [6.45, 7) is 9.74. The van der Waals surface area contributed by atoms with Crippen LogP contribution < -0.4 is 0 Å². The molecule has 0 amide bonds. The van der Waals surface area contributed by atoms with E-state index in [1.54, 1.807) is 13.8 Å². The zero-order valence-corrected chi connectivity index (χ0v) is 19.4. The van der Waals surface area contributed by atoms with Crippen LogP contribution in [0.3, 0.4) is 0 Å². The molecule has 0 spiro atoms. The summed E-state index contributed by atoms with van der Waals surface area (Å²) in [5, 5.41) is 11.8. The summed E-state index contributed by atoms with van der Waals surface area (Å²) in [5.74, 6) is 0.0174. The average Bonchev–Trinajstić information content (AvgIpc) is 3.06. The molecular weight excluding hydrogens is 394 g/mol. The van der Waals surface area contributed by atoms with Gasteiger partial charge in [-0.15, -0.1) is 0 Å².